The minimum atomic E-state index is -4.11. The van der Waals surface area contributed by atoms with Crippen LogP contribution in [0.2, 0.25) is 0 Å². The van der Waals surface area contributed by atoms with Crippen LogP contribution in [0, 0.1) is 0 Å². The molecule has 112 valence electrons. The summed E-state index contributed by atoms with van der Waals surface area (Å²) in [6.07, 6.45) is -0.956. The highest BCUT2D eigenvalue weighted by Gasteiger charge is 2.53. The minimum absolute atomic E-state index is 0.00242. The quantitative estimate of drug-likeness (QED) is 0.530. The molecule has 2 heterocycles. The summed E-state index contributed by atoms with van der Waals surface area (Å²) >= 11 is 0. The highest BCUT2D eigenvalue weighted by molar-refractivity contribution is 7.87. The molecule has 2 rings (SSSR count). The average molecular weight is 306 g/mol. The Hall–Kier alpha value is -1.88. The van der Waals surface area contributed by atoms with Crippen molar-refractivity contribution in [2.45, 2.75) is 18.9 Å². The predicted molar refractivity (Wildman–Crippen MR) is 64.7 cm³/mol. The van der Waals surface area contributed by atoms with Gasteiger partial charge in [0.2, 0.25) is 0 Å². The molecule has 0 saturated carbocycles. The lowest BCUT2D eigenvalue weighted by molar-refractivity contribution is -0.123. The molecule has 20 heavy (non-hydrogen) atoms. The van der Waals surface area contributed by atoms with Crippen molar-refractivity contribution < 1.29 is 27.5 Å². The number of carbonyl (C=O) groups excluding carboxylic acids is 3. The molecule has 10 nitrogen and oxygen atoms in total. The molecule has 3 N–H and O–H groups in total. The summed E-state index contributed by atoms with van der Waals surface area (Å²) in [4.78, 5) is 34.0. The molecule has 0 aliphatic carbocycles. The van der Waals surface area contributed by atoms with Gasteiger partial charge in [0.05, 0.1) is 6.61 Å². The molecular formula is C9H14N4O6S. The van der Waals surface area contributed by atoms with Gasteiger partial charge < -0.3 is 10.1 Å². The molecule has 0 bridgehead atoms. The fourth-order valence-electron chi connectivity index (χ4n) is 2.13. The zero-order valence-electron chi connectivity index (χ0n) is 10.6. The number of urea groups is 1. The van der Waals surface area contributed by atoms with Crippen molar-refractivity contribution in [2.75, 3.05) is 19.7 Å². The summed E-state index contributed by atoms with van der Waals surface area (Å²) in [6, 6.07) is -0.660. The van der Waals surface area contributed by atoms with Crippen molar-refractivity contribution in [1.82, 2.24) is 19.7 Å². The zero-order chi connectivity index (χ0) is 15.0. The Morgan fingerprint density at radius 2 is 2.20 bits per heavy atom. The van der Waals surface area contributed by atoms with Crippen molar-refractivity contribution in [3.63, 3.8) is 0 Å². The summed E-state index contributed by atoms with van der Waals surface area (Å²) in [7, 11) is -4.11. The number of ether oxygens (including phenoxy) is 1. The van der Waals surface area contributed by atoms with Crippen LogP contribution in [0.25, 0.3) is 0 Å². The van der Waals surface area contributed by atoms with Crippen LogP contribution >= 0.6 is 0 Å². The smallest absolute Gasteiger partial charge is 0.421 e. The first-order valence-electron chi connectivity index (χ1n) is 5.87. The van der Waals surface area contributed by atoms with Gasteiger partial charge in [-0.05, 0) is 13.3 Å². The van der Waals surface area contributed by atoms with Gasteiger partial charge in [0.15, 0.2) is 0 Å². The number of carbonyl (C=O) groups is 3. The lowest BCUT2D eigenvalue weighted by Crippen LogP contribution is -2.51. The maximum absolute atomic E-state index is 11.9. The summed E-state index contributed by atoms with van der Waals surface area (Å²) < 4.78 is 31.0. The SMILES string of the molecule is CCOC(=O)NS(=O)(=O)N1CCC2(C1)NC(=O)NC2=O. The van der Waals surface area contributed by atoms with Crippen LogP contribution in [-0.4, -0.2) is 56.0 Å². The van der Waals surface area contributed by atoms with Crippen LogP contribution in [-0.2, 0) is 19.7 Å². The second kappa shape index (κ2) is 4.90. The molecule has 0 aromatic carbocycles. The molecule has 1 unspecified atom stereocenters. The van der Waals surface area contributed by atoms with E-state index in [-0.39, 0.29) is 26.1 Å². The monoisotopic (exact) mass is 306 g/mol. The number of nitrogens with zero attached hydrogens (tertiary/aromatic N) is 1. The van der Waals surface area contributed by atoms with Crippen molar-refractivity contribution in [2.24, 2.45) is 0 Å². The van der Waals surface area contributed by atoms with Gasteiger partial charge in [-0.25, -0.2) is 14.3 Å². The number of imide groups is 1. The Bertz CT molecular complexity index is 561. The number of hydrogen-bond donors (Lipinski definition) is 3. The summed E-state index contributed by atoms with van der Waals surface area (Å²) in [5.74, 6) is -0.573. The number of nitrogens with one attached hydrogen (secondary N) is 3. The Morgan fingerprint density at radius 1 is 1.50 bits per heavy atom. The molecule has 0 aromatic heterocycles. The van der Waals surface area contributed by atoms with E-state index in [1.807, 2.05) is 0 Å². The van der Waals surface area contributed by atoms with Crippen molar-refractivity contribution in [3.8, 4) is 0 Å². The van der Waals surface area contributed by atoms with Gasteiger partial charge in [-0.3, -0.25) is 10.1 Å². The van der Waals surface area contributed by atoms with E-state index in [2.05, 4.69) is 15.4 Å². The van der Waals surface area contributed by atoms with E-state index < -0.39 is 33.8 Å². The van der Waals surface area contributed by atoms with Gasteiger partial charge in [-0.15, -0.1) is 0 Å². The fraction of sp³-hybridized carbons (Fsp3) is 0.667. The molecule has 1 atom stereocenters. The third-order valence-electron chi connectivity index (χ3n) is 3.08. The first-order valence-corrected chi connectivity index (χ1v) is 7.31. The average Bonchev–Trinajstić information content (AvgIpc) is 2.85. The van der Waals surface area contributed by atoms with Gasteiger partial charge in [0.25, 0.3) is 5.91 Å². The Morgan fingerprint density at radius 3 is 2.75 bits per heavy atom. The first kappa shape index (κ1) is 14.5. The van der Waals surface area contributed by atoms with Crippen molar-refractivity contribution >= 4 is 28.2 Å². The highest BCUT2D eigenvalue weighted by atomic mass is 32.2. The second-order valence-corrected chi connectivity index (χ2v) is 6.07. The van der Waals surface area contributed by atoms with Gasteiger partial charge in [-0.1, -0.05) is 0 Å². The van der Waals surface area contributed by atoms with E-state index in [0.29, 0.717) is 0 Å². The van der Waals surface area contributed by atoms with E-state index in [9.17, 15) is 22.8 Å². The Kier molecular flexibility index (Phi) is 3.56. The molecule has 2 aliphatic heterocycles. The van der Waals surface area contributed by atoms with E-state index >= 15 is 0 Å². The van der Waals surface area contributed by atoms with Gasteiger partial charge in [0, 0.05) is 13.1 Å². The van der Waals surface area contributed by atoms with Gasteiger partial charge in [0.1, 0.15) is 5.54 Å². The number of amides is 4. The first-order chi connectivity index (χ1) is 9.29. The Labute approximate surface area is 115 Å². The van der Waals surface area contributed by atoms with E-state index in [0.717, 1.165) is 4.31 Å². The van der Waals surface area contributed by atoms with Crippen molar-refractivity contribution in [3.05, 3.63) is 0 Å². The fourth-order valence-corrected chi connectivity index (χ4v) is 3.25. The van der Waals surface area contributed by atoms with Gasteiger partial charge in [-0.2, -0.15) is 12.7 Å². The van der Waals surface area contributed by atoms with Gasteiger partial charge >= 0.3 is 22.3 Å². The molecule has 2 saturated heterocycles. The van der Waals surface area contributed by atoms with E-state index in [4.69, 9.17) is 0 Å². The molecule has 4 amide bonds. The topological polar surface area (TPSA) is 134 Å². The van der Waals surface area contributed by atoms with Crippen LogP contribution in [0.3, 0.4) is 0 Å². The minimum Gasteiger partial charge on any atom is -0.449 e. The molecule has 11 heteroatoms. The number of hydrogen-bond acceptors (Lipinski definition) is 6. The molecular weight excluding hydrogens is 292 g/mol. The number of rotatable bonds is 3. The van der Waals surface area contributed by atoms with E-state index in [1.165, 1.54) is 6.92 Å². The molecule has 2 aliphatic rings. The van der Waals surface area contributed by atoms with Crippen LogP contribution in [0.4, 0.5) is 9.59 Å². The molecule has 0 radical (unpaired) electrons. The second-order valence-electron chi connectivity index (χ2n) is 4.40. The molecule has 0 aromatic rings. The summed E-state index contributed by atoms with van der Waals surface area (Å²) in [6.45, 7) is 1.33. The van der Waals surface area contributed by atoms with Crippen molar-refractivity contribution in [1.29, 1.82) is 0 Å². The molecule has 1 spiro atoms. The van der Waals surface area contributed by atoms with Crippen LogP contribution in [0.5, 0.6) is 0 Å². The lowest BCUT2D eigenvalue weighted by atomic mass is 10.00. The van der Waals surface area contributed by atoms with Crippen LogP contribution < -0.4 is 15.4 Å². The zero-order valence-corrected chi connectivity index (χ0v) is 11.4. The van der Waals surface area contributed by atoms with E-state index in [1.54, 1.807) is 4.72 Å². The summed E-state index contributed by atoms with van der Waals surface area (Å²) in [5, 5.41) is 4.47. The summed E-state index contributed by atoms with van der Waals surface area (Å²) in [5.41, 5.74) is -1.26. The maximum atomic E-state index is 11.9. The molecule has 2 fully saturated rings. The Balaban J connectivity index is 2.07. The van der Waals surface area contributed by atoms with Crippen LogP contribution in [0.15, 0.2) is 0 Å². The third-order valence-corrected chi connectivity index (χ3v) is 4.49. The maximum Gasteiger partial charge on any atom is 0.421 e. The predicted octanol–water partition coefficient (Wildman–Crippen LogP) is -1.74. The standard InChI is InChI=1S/C9H14N4O6S/c1-2-19-8(16)12-20(17,18)13-4-3-9(5-13)6(14)10-7(15)11-9/h2-5H2,1H3,(H,12,16)(H2,10,11,14,15). The van der Waals surface area contributed by atoms with Crippen LogP contribution in [0.1, 0.15) is 13.3 Å². The lowest BCUT2D eigenvalue weighted by Gasteiger charge is -2.20. The third kappa shape index (κ3) is 2.54. The normalized spacial score (nSPS) is 26.4. The largest absolute Gasteiger partial charge is 0.449 e. The highest BCUT2D eigenvalue weighted by Crippen LogP contribution is 2.26.